The molecule has 1 saturated heterocycles. The van der Waals surface area contributed by atoms with Gasteiger partial charge in [0.05, 0.1) is 6.07 Å². The summed E-state index contributed by atoms with van der Waals surface area (Å²) in [5.74, 6) is -0.190. The predicted molar refractivity (Wildman–Crippen MR) is 38.5 cm³/mol. The molecule has 1 aliphatic heterocycles. The topological polar surface area (TPSA) is 52.9 Å². The largest absolute Gasteiger partial charge is 0.334 e. The van der Waals surface area contributed by atoms with Gasteiger partial charge in [0.1, 0.15) is 0 Å². The Morgan fingerprint density at radius 1 is 1.91 bits per heavy atom. The Morgan fingerprint density at radius 3 is 3.09 bits per heavy atom. The van der Waals surface area contributed by atoms with Crippen molar-refractivity contribution in [3.8, 4) is 6.07 Å². The van der Waals surface area contributed by atoms with Crippen LogP contribution >= 0.6 is 11.6 Å². The van der Waals surface area contributed by atoms with Crippen molar-refractivity contribution in [2.75, 3.05) is 0 Å². The summed E-state index contributed by atoms with van der Waals surface area (Å²) >= 11 is 5.70. The lowest BCUT2D eigenvalue weighted by Crippen LogP contribution is -2.48. The Morgan fingerprint density at radius 2 is 2.64 bits per heavy atom. The SMILES string of the molecule is N#CC12C=C(Cl)C1CC(=O)N2. The molecular formula is C7H5ClN2O. The van der Waals surface area contributed by atoms with Gasteiger partial charge in [0.15, 0.2) is 5.54 Å². The molecule has 2 rings (SSSR count). The van der Waals surface area contributed by atoms with Gasteiger partial charge in [0.2, 0.25) is 5.91 Å². The number of nitrogens with one attached hydrogen (secondary N) is 1. The number of amides is 1. The standard InChI is InChI=1S/C7H5ClN2O/c8-5-2-7(3-9)4(5)1-6(11)10-7/h2,4H,1H2,(H,10,11). The van der Waals surface area contributed by atoms with Crippen molar-refractivity contribution in [2.45, 2.75) is 12.0 Å². The molecule has 1 amide bonds. The Balaban J connectivity index is 2.38. The average molecular weight is 169 g/mol. The zero-order chi connectivity index (χ0) is 8.06. The molecule has 1 N–H and O–H groups in total. The number of nitrogens with zero attached hydrogens (tertiary/aromatic N) is 1. The molecular weight excluding hydrogens is 164 g/mol. The van der Waals surface area contributed by atoms with Crippen molar-refractivity contribution in [2.24, 2.45) is 5.92 Å². The van der Waals surface area contributed by atoms with Crippen LogP contribution in [0, 0.1) is 17.2 Å². The predicted octanol–water partition coefficient (Wildman–Crippen LogP) is 0.521. The van der Waals surface area contributed by atoms with Crippen molar-refractivity contribution in [3.05, 3.63) is 11.1 Å². The fraction of sp³-hybridized carbons (Fsp3) is 0.429. The molecule has 2 unspecified atom stereocenters. The van der Waals surface area contributed by atoms with Crippen molar-refractivity contribution >= 4 is 17.5 Å². The minimum Gasteiger partial charge on any atom is -0.334 e. The molecule has 1 fully saturated rings. The normalized spacial score (nSPS) is 39.8. The quantitative estimate of drug-likeness (QED) is 0.574. The number of fused-ring (bicyclic) bond motifs is 1. The Hall–Kier alpha value is -1.01. The van der Waals surface area contributed by atoms with Crippen molar-refractivity contribution in [3.63, 3.8) is 0 Å². The molecule has 2 aliphatic rings. The third-order valence-electron chi connectivity index (χ3n) is 2.17. The summed E-state index contributed by atoms with van der Waals surface area (Å²) in [5, 5.41) is 11.9. The first-order valence-electron chi connectivity index (χ1n) is 3.28. The molecule has 0 radical (unpaired) electrons. The Labute approximate surface area is 68.6 Å². The lowest BCUT2D eigenvalue weighted by atomic mass is 9.77. The molecule has 1 heterocycles. The van der Waals surface area contributed by atoms with Gasteiger partial charge in [-0.1, -0.05) is 11.6 Å². The molecule has 4 heteroatoms. The molecule has 0 aromatic rings. The van der Waals surface area contributed by atoms with Crippen LogP contribution in [0.1, 0.15) is 6.42 Å². The summed E-state index contributed by atoms with van der Waals surface area (Å²) in [6.45, 7) is 0. The second-order valence-electron chi connectivity index (χ2n) is 2.81. The summed E-state index contributed by atoms with van der Waals surface area (Å²) in [5.41, 5.74) is -0.770. The van der Waals surface area contributed by atoms with Crippen LogP contribution in [0.4, 0.5) is 0 Å². The van der Waals surface area contributed by atoms with E-state index in [-0.39, 0.29) is 11.8 Å². The smallest absolute Gasteiger partial charge is 0.222 e. The van der Waals surface area contributed by atoms with E-state index < -0.39 is 5.54 Å². The molecule has 3 nitrogen and oxygen atoms in total. The molecule has 0 spiro atoms. The molecule has 0 aromatic heterocycles. The number of hydrogen-bond donors (Lipinski definition) is 1. The third-order valence-corrected chi connectivity index (χ3v) is 2.54. The highest BCUT2D eigenvalue weighted by Crippen LogP contribution is 2.45. The van der Waals surface area contributed by atoms with Gasteiger partial charge in [-0.15, -0.1) is 0 Å². The van der Waals surface area contributed by atoms with Crippen molar-refractivity contribution < 1.29 is 4.79 Å². The lowest BCUT2D eigenvalue weighted by Gasteiger charge is -2.32. The van der Waals surface area contributed by atoms with E-state index in [1.807, 2.05) is 6.07 Å². The fourth-order valence-electron chi connectivity index (χ4n) is 1.53. The van der Waals surface area contributed by atoms with E-state index in [2.05, 4.69) is 5.32 Å². The Kier molecular flexibility index (Phi) is 1.08. The maximum absolute atomic E-state index is 10.9. The van der Waals surface area contributed by atoms with Gasteiger partial charge in [-0.2, -0.15) is 5.26 Å². The van der Waals surface area contributed by atoms with Gasteiger partial charge < -0.3 is 5.32 Å². The summed E-state index contributed by atoms with van der Waals surface area (Å²) in [4.78, 5) is 10.9. The van der Waals surface area contributed by atoms with E-state index >= 15 is 0 Å². The number of rotatable bonds is 0. The fourth-order valence-corrected chi connectivity index (χ4v) is 1.95. The van der Waals surface area contributed by atoms with Gasteiger partial charge in [-0.25, -0.2) is 0 Å². The molecule has 2 atom stereocenters. The van der Waals surface area contributed by atoms with Crippen molar-refractivity contribution in [1.29, 1.82) is 5.26 Å². The number of carbonyl (C=O) groups is 1. The van der Waals surface area contributed by atoms with Gasteiger partial charge in [0, 0.05) is 17.4 Å². The maximum atomic E-state index is 10.9. The van der Waals surface area contributed by atoms with E-state index in [0.717, 1.165) is 0 Å². The molecule has 0 aromatic carbocycles. The van der Waals surface area contributed by atoms with Gasteiger partial charge in [-0.05, 0) is 6.08 Å². The first-order valence-corrected chi connectivity index (χ1v) is 3.66. The minimum atomic E-state index is -0.770. The second kappa shape index (κ2) is 1.77. The summed E-state index contributed by atoms with van der Waals surface area (Å²) in [7, 11) is 0. The summed E-state index contributed by atoms with van der Waals surface area (Å²) in [6, 6.07) is 2.04. The van der Waals surface area contributed by atoms with Crippen molar-refractivity contribution in [1.82, 2.24) is 5.32 Å². The first kappa shape index (κ1) is 6.68. The van der Waals surface area contributed by atoms with Crippen LogP contribution < -0.4 is 5.32 Å². The van der Waals surface area contributed by atoms with Crippen LogP contribution in [-0.4, -0.2) is 11.4 Å². The van der Waals surface area contributed by atoms with E-state index in [1.54, 1.807) is 6.08 Å². The highest BCUT2D eigenvalue weighted by Gasteiger charge is 2.53. The molecule has 11 heavy (non-hydrogen) atoms. The lowest BCUT2D eigenvalue weighted by molar-refractivity contribution is -0.119. The number of halogens is 1. The van der Waals surface area contributed by atoms with Gasteiger partial charge in [0.25, 0.3) is 0 Å². The van der Waals surface area contributed by atoms with E-state index in [1.165, 1.54) is 0 Å². The third kappa shape index (κ3) is 0.650. The zero-order valence-electron chi connectivity index (χ0n) is 5.60. The molecule has 56 valence electrons. The highest BCUT2D eigenvalue weighted by molar-refractivity contribution is 6.31. The van der Waals surface area contributed by atoms with Crippen LogP contribution in [0.15, 0.2) is 11.1 Å². The van der Waals surface area contributed by atoms with E-state index in [0.29, 0.717) is 11.5 Å². The highest BCUT2D eigenvalue weighted by atomic mass is 35.5. The monoisotopic (exact) mass is 168 g/mol. The van der Waals surface area contributed by atoms with Gasteiger partial charge in [-0.3, -0.25) is 4.79 Å². The number of carbonyl (C=O) groups excluding carboxylic acids is 1. The van der Waals surface area contributed by atoms with Crippen LogP contribution in [0.3, 0.4) is 0 Å². The zero-order valence-corrected chi connectivity index (χ0v) is 6.35. The van der Waals surface area contributed by atoms with Crippen LogP contribution in [0.5, 0.6) is 0 Å². The average Bonchev–Trinajstić information content (AvgIpc) is 2.23. The summed E-state index contributed by atoms with van der Waals surface area (Å²) < 4.78 is 0. The first-order chi connectivity index (χ1) is 5.18. The Bertz CT molecular complexity index is 304. The molecule has 0 saturated carbocycles. The maximum Gasteiger partial charge on any atom is 0.222 e. The van der Waals surface area contributed by atoms with E-state index in [9.17, 15) is 4.79 Å². The van der Waals surface area contributed by atoms with E-state index in [4.69, 9.17) is 16.9 Å². The second-order valence-corrected chi connectivity index (χ2v) is 3.25. The molecule has 0 bridgehead atoms. The van der Waals surface area contributed by atoms with Gasteiger partial charge >= 0.3 is 0 Å². The van der Waals surface area contributed by atoms with Crippen LogP contribution in [-0.2, 0) is 4.79 Å². The van der Waals surface area contributed by atoms with Crippen LogP contribution in [0.2, 0.25) is 0 Å². The molecule has 1 aliphatic carbocycles. The minimum absolute atomic E-state index is 0.0940. The van der Waals surface area contributed by atoms with Crippen LogP contribution in [0.25, 0.3) is 0 Å². The number of nitriles is 1. The summed E-state index contributed by atoms with van der Waals surface area (Å²) in [6.07, 6.45) is 1.95. The number of hydrogen-bond acceptors (Lipinski definition) is 2.